The molecule has 6 nitrogen and oxygen atoms in total. The number of carboxylic acids is 1. The van der Waals surface area contributed by atoms with Crippen LogP contribution in [0.1, 0.15) is 53.2 Å². The number of nitrogens with zero attached hydrogens (tertiary/aromatic N) is 2. The zero-order valence-corrected chi connectivity index (χ0v) is 20.4. The zero-order chi connectivity index (χ0) is 24.9. The van der Waals surface area contributed by atoms with Gasteiger partial charge in [0, 0.05) is 25.7 Å². The summed E-state index contributed by atoms with van der Waals surface area (Å²) in [6.07, 6.45) is 4.35. The molecule has 35 heavy (non-hydrogen) atoms. The number of ketones is 1. The number of benzene rings is 2. The van der Waals surface area contributed by atoms with Crippen LogP contribution in [-0.2, 0) is 24.3 Å². The summed E-state index contributed by atoms with van der Waals surface area (Å²) >= 11 is 0. The molecule has 0 unspecified atom stereocenters. The topological polar surface area (TPSA) is 79.6 Å². The van der Waals surface area contributed by atoms with Crippen LogP contribution in [0.2, 0.25) is 0 Å². The molecule has 0 bridgehead atoms. The second kappa shape index (κ2) is 10.8. The quantitative estimate of drug-likeness (QED) is 0.481. The Bertz CT molecular complexity index is 1280. The van der Waals surface area contributed by atoms with Crippen molar-refractivity contribution >= 4 is 11.8 Å². The Morgan fingerprint density at radius 2 is 1.83 bits per heavy atom. The summed E-state index contributed by atoms with van der Waals surface area (Å²) in [6.45, 7) is 5.41. The van der Waals surface area contributed by atoms with E-state index in [2.05, 4.69) is 0 Å². The van der Waals surface area contributed by atoms with Crippen molar-refractivity contribution in [1.29, 1.82) is 0 Å². The molecule has 1 aromatic heterocycles. The first kappa shape index (κ1) is 24.6. The number of likely N-dealkylation sites (tertiary alicyclic amines) is 1. The van der Waals surface area contributed by atoms with Gasteiger partial charge in [0.05, 0.1) is 5.56 Å². The maximum atomic E-state index is 13.4. The predicted molar refractivity (Wildman–Crippen MR) is 137 cm³/mol. The van der Waals surface area contributed by atoms with Crippen molar-refractivity contribution in [2.24, 2.45) is 0 Å². The monoisotopic (exact) mass is 472 g/mol. The molecule has 4 rings (SSSR count). The molecule has 2 aromatic carbocycles. The molecule has 182 valence electrons. The fourth-order valence-corrected chi connectivity index (χ4v) is 4.99. The number of pyridine rings is 1. The lowest BCUT2D eigenvalue weighted by atomic mass is 9.93. The van der Waals surface area contributed by atoms with E-state index in [1.54, 1.807) is 16.8 Å². The Hall–Kier alpha value is -3.51. The smallest absolute Gasteiger partial charge is 0.320 e. The van der Waals surface area contributed by atoms with Gasteiger partial charge in [0.25, 0.3) is 5.56 Å². The van der Waals surface area contributed by atoms with Crippen LogP contribution in [0.15, 0.2) is 65.6 Å². The first-order chi connectivity index (χ1) is 16.9. The fraction of sp³-hybridized carbons (Fsp3) is 0.345. The molecule has 0 amide bonds. The van der Waals surface area contributed by atoms with Gasteiger partial charge in [0.2, 0.25) is 0 Å². The van der Waals surface area contributed by atoms with Crippen LogP contribution in [0, 0.1) is 6.92 Å². The van der Waals surface area contributed by atoms with Crippen LogP contribution in [0.5, 0.6) is 0 Å². The van der Waals surface area contributed by atoms with E-state index >= 15 is 0 Å². The fourth-order valence-electron chi connectivity index (χ4n) is 4.99. The highest BCUT2D eigenvalue weighted by molar-refractivity contribution is 5.97. The maximum Gasteiger partial charge on any atom is 0.320 e. The molecule has 1 N–H and O–H groups in total. The van der Waals surface area contributed by atoms with Crippen LogP contribution in [0.25, 0.3) is 11.1 Å². The van der Waals surface area contributed by atoms with E-state index < -0.39 is 12.0 Å². The molecule has 0 spiro atoms. The predicted octanol–water partition coefficient (Wildman–Crippen LogP) is 4.71. The largest absolute Gasteiger partial charge is 0.480 e. The van der Waals surface area contributed by atoms with Crippen molar-refractivity contribution in [2.75, 3.05) is 6.54 Å². The van der Waals surface area contributed by atoms with Gasteiger partial charge in [-0.25, -0.2) is 0 Å². The molecule has 1 aliphatic heterocycles. The average Bonchev–Trinajstić information content (AvgIpc) is 2.87. The van der Waals surface area contributed by atoms with E-state index in [9.17, 15) is 19.5 Å². The molecule has 6 heteroatoms. The Morgan fingerprint density at radius 1 is 1.06 bits per heavy atom. The molecular formula is C29H32N2O4. The summed E-state index contributed by atoms with van der Waals surface area (Å²) in [5.41, 5.74) is 4.73. The van der Waals surface area contributed by atoms with Gasteiger partial charge < -0.3 is 9.67 Å². The number of hydrogen-bond acceptors (Lipinski definition) is 4. The van der Waals surface area contributed by atoms with Crippen LogP contribution in [-0.4, -0.2) is 38.9 Å². The summed E-state index contributed by atoms with van der Waals surface area (Å²) in [7, 11) is 0. The third-order valence-electron chi connectivity index (χ3n) is 6.95. The Morgan fingerprint density at radius 3 is 2.54 bits per heavy atom. The number of carboxylic acid groups (broad SMARTS) is 1. The maximum absolute atomic E-state index is 13.4. The van der Waals surface area contributed by atoms with Gasteiger partial charge in [-0.15, -0.1) is 0 Å². The van der Waals surface area contributed by atoms with Crippen molar-refractivity contribution in [1.82, 2.24) is 9.47 Å². The van der Waals surface area contributed by atoms with Crippen LogP contribution in [0.4, 0.5) is 0 Å². The number of rotatable bonds is 8. The first-order valence-corrected chi connectivity index (χ1v) is 12.3. The summed E-state index contributed by atoms with van der Waals surface area (Å²) < 4.78 is 1.55. The zero-order valence-electron chi connectivity index (χ0n) is 20.4. The highest BCUT2D eigenvalue weighted by atomic mass is 16.4. The van der Waals surface area contributed by atoms with Gasteiger partial charge in [-0.3, -0.25) is 19.3 Å². The molecule has 1 aliphatic rings. The molecule has 2 heterocycles. The molecule has 0 aliphatic carbocycles. The minimum absolute atomic E-state index is 0.135. The van der Waals surface area contributed by atoms with Crippen molar-refractivity contribution in [3.05, 3.63) is 93.4 Å². The minimum atomic E-state index is -0.821. The van der Waals surface area contributed by atoms with Gasteiger partial charge in [-0.2, -0.15) is 0 Å². The van der Waals surface area contributed by atoms with Crippen LogP contribution in [0.3, 0.4) is 0 Å². The lowest BCUT2D eigenvalue weighted by Crippen LogP contribution is -2.44. The number of carbonyl (C=O) groups excluding carboxylic acids is 1. The first-order valence-electron chi connectivity index (χ1n) is 12.3. The highest BCUT2D eigenvalue weighted by Crippen LogP contribution is 2.26. The lowest BCUT2D eigenvalue weighted by molar-refractivity contribution is -0.144. The third-order valence-corrected chi connectivity index (χ3v) is 6.95. The number of aryl methyl sites for hydroxylation is 1. The Kier molecular flexibility index (Phi) is 7.61. The van der Waals surface area contributed by atoms with Crippen molar-refractivity contribution < 1.29 is 14.7 Å². The van der Waals surface area contributed by atoms with Gasteiger partial charge >= 0.3 is 5.97 Å². The number of aromatic nitrogens is 1. The number of carbonyl (C=O) groups is 2. The standard InChI is InChI=1S/C29H32N2O4/c1-3-30-18-21(19-31-15-8-7-14-26(31)29(34)35)16-25(28(30)33)27(32)17-23-12-9-13-24(20(23)2)22-10-5-4-6-11-22/h4-6,9-13,16,18,26H,3,7-8,14-15,17,19H2,1-2H3,(H,34,35)/t26-/m0/s1. The molecular weight excluding hydrogens is 440 g/mol. The van der Waals surface area contributed by atoms with Crippen molar-refractivity contribution in [2.45, 2.75) is 58.7 Å². The molecule has 0 radical (unpaired) electrons. The van der Waals surface area contributed by atoms with Crippen LogP contribution < -0.4 is 5.56 Å². The summed E-state index contributed by atoms with van der Waals surface area (Å²) in [6, 6.07) is 17.1. The highest BCUT2D eigenvalue weighted by Gasteiger charge is 2.28. The molecule has 1 atom stereocenters. The average molecular weight is 473 g/mol. The van der Waals surface area contributed by atoms with E-state index in [-0.39, 0.29) is 23.3 Å². The van der Waals surface area contributed by atoms with Crippen LogP contribution >= 0.6 is 0 Å². The van der Waals surface area contributed by atoms with Gasteiger partial charge in [-0.05, 0) is 67.1 Å². The minimum Gasteiger partial charge on any atom is -0.480 e. The van der Waals surface area contributed by atoms with Gasteiger partial charge in [-0.1, -0.05) is 55.0 Å². The Labute approximate surface area is 205 Å². The van der Waals surface area contributed by atoms with E-state index in [1.165, 1.54) is 0 Å². The Balaban J connectivity index is 1.63. The van der Waals surface area contributed by atoms with E-state index in [0.717, 1.165) is 40.7 Å². The van der Waals surface area contributed by atoms with Crippen molar-refractivity contribution in [3.63, 3.8) is 0 Å². The lowest BCUT2D eigenvalue weighted by Gasteiger charge is -2.33. The summed E-state index contributed by atoms with van der Waals surface area (Å²) in [4.78, 5) is 40.1. The SMILES string of the molecule is CCn1cc(CN2CCCC[C@H]2C(=O)O)cc(C(=O)Cc2cccc(-c3ccccc3)c2C)c1=O. The second-order valence-corrected chi connectivity index (χ2v) is 9.23. The van der Waals surface area contributed by atoms with E-state index in [1.807, 2.05) is 67.3 Å². The van der Waals surface area contributed by atoms with Gasteiger partial charge in [0.1, 0.15) is 6.04 Å². The third kappa shape index (κ3) is 5.43. The summed E-state index contributed by atoms with van der Waals surface area (Å²) in [5.74, 6) is -1.04. The number of piperidine rings is 1. The van der Waals surface area contributed by atoms with E-state index in [0.29, 0.717) is 26.1 Å². The molecule has 1 fully saturated rings. The van der Waals surface area contributed by atoms with E-state index in [4.69, 9.17) is 0 Å². The molecule has 1 saturated heterocycles. The molecule has 3 aromatic rings. The molecule has 0 saturated carbocycles. The normalized spacial score (nSPS) is 16.2. The number of aliphatic carboxylic acids is 1. The second-order valence-electron chi connectivity index (χ2n) is 9.23. The number of Topliss-reactive ketones (excluding diaryl/α,β-unsaturated/α-hetero) is 1. The van der Waals surface area contributed by atoms with Crippen molar-refractivity contribution in [3.8, 4) is 11.1 Å². The summed E-state index contributed by atoms with van der Waals surface area (Å²) in [5, 5.41) is 9.62. The number of hydrogen-bond donors (Lipinski definition) is 1. The van der Waals surface area contributed by atoms with Gasteiger partial charge in [0.15, 0.2) is 5.78 Å².